The highest BCUT2D eigenvalue weighted by molar-refractivity contribution is 6.02. The van der Waals surface area contributed by atoms with Crippen molar-refractivity contribution in [3.05, 3.63) is 127 Å². The molecule has 0 fully saturated rings. The van der Waals surface area contributed by atoms with Crippen molar-refractivity contribution in [2.45, 2.75) is 64.7 Å². The number of hydrogen-bond donors (Lipinski definition) is 0. The summed E-state index contributed by atoms with van der Waals surface area (Å²) in [6, 6.07) is 18.7. The fourth-order valence-electron chi connectivity index (χ4n) is 5.78. The molecule has 4 aromatic carbocycles. The molecule has 0 aliphatic carbocycles. The predicted molar refractivity (Wildman–Crippen MR) is 227 cm³/mol. The summed E-state index contributed by atoms with van der Waals surface area (Å²) in [5, 5.41) is 1.40. The van der Waals surface area contributed by atoms with E-state index in [4.69, 9.17) is 33.2 Å². The molecule has 61 heavy (non-hydrogen) atoms. The minimum absolute atomic E-state index is 0.00507. The van der Waals surface area contributed by atoms with Crippen LogP contribution in [0.25, 0.3) is 10.8 Å². The van der Waals surface area contributed by atoms with Crippen LogP contribution in [0.3, 0.4) is 0 Å². The summed E-state index contributed by atoms with van der Waals surface area (Å²) in [6.07, 6.45) is 9.57. The summed E-state index contributed by atoms with van der Waals surface area (Å²) in [5.74, 6) is -2.11. The summed E-state index contributed by atoms with van der Waals surface area (Å²) >= 11 is 0. The first kappa shape index (κ1) is 46.7. The molecule has 0 heterocycles. The molecule has 0 saturated carbocycles. The van der Waals surface area contributed by atoms with Gasteiger partial charge >= 0.3 is 29.8 Å². The molecule has 4 rings (SSSR count). The Balaban J connectivity index is 1.42. The van der Waals surface area contributed by atoms with Crippen LogP contribution in [0, 0.1) is 0 Å². The first-order valence-corrected chi connectivity index (χ1v) is 20.0. The monoisotopic (exact) mass is 834 g/mol. The zero-order valence-electron chi connectivity index (χ0n) is 34.3. The average molecular weight is 835 g/mol. The van der Waals surface area contributed by atoms with Crippen molar-refractivity contribution in [2.75, 3.05) is 26.4 Å². The number of ketones is 1. The lowest BCUT2D eigenvalue weighted by atomic mass is 10.1. The van der Waals surface area contributed by atoms with Gasteiger partial charge in [0.25, 0.3) is 0 Å². The molecule has 0 aliphatic heterocycles. The SMILES string of the molecule is C=CC(=O)OCCCCCCOc1ccc(C(=O)Oc2ccc(OC(=O)c3ccc4cc(OC(=O)C=C)ccc4c3)c(C(=O)CC)c2)cc1OCCCCCCOC(=O)C=C. The van der Waals surface area contributed by atoms with Crippen molar-refractivity contribution in [3.63, 3.8) is 0 Å². The van der Waals surface area contributed by atoms with E-state index < -0.39 is 29.8 Å². The van der Waals surface area contributed by atoms with Gasteiger partial charge in [0, 0.05) is 24.6 Å². The van der Waals surface area contributed by atoms with Gasteiger partial charge in [0.05, 0.1) is 43.1 Å². The van der Waals surface area contributed by atoms with E-state index in [9.17, 15) is 28.8 Å². The molecule has 4 aromatic rings. The Kier molecular flexibility index (Phi) is 19.0. The molecule has 0 saturated heterocycles. The number of carbonyl (C=O) groups excluding carboxylic acids is 6. The third-order valence-corrected chi connectivity index (χ3v) is 9.01. The van der Waals surface area contributed by atoms with Crippen LogP contribution >= 0.6 is 0 Å². The van der Waals surface area contributed by atoms with Crippen LogP contribution in [0.4, 0.5) is 0 Å². The van der Waals surface area contributed by atoms with Gasteiger partial charge in [-0.1, -0.05) is 38.8 Å². The lowest BCUT2D eigenvalue weighted by molar-refractivity contribution is -0.138. The second-order valence-electron chi connectivity index (χ2n) is 13.5. The van der Waals surface area contributed by atoms with E-state index in [1.807, 2.05) is 0 Å². The maximum absolute atomic E-state index is 13.5. The molecule has 0 bridgehead atoms. The Hall–Kier alpha value is -7.02. The molecule has 13 nitrogen and oxygen atoms in total. The Labute approximate surface area is 354 Å². The Bertz CT molecular complexity index is 2220. The third-order valence-electron chi connectivity index (χ3n) is 9.01. The highest BCUT2D eigenvalue weighted by Gasteiger charge is 2.20. The van der Waals surface area contributed by atoms with E-state index >= 15 is 0 Å². The predicted octanol–water partition coefficient (Wildman–Crippen LogP) is 9.30. The highest BCUT2D eigenvalue weighted by Crippen LogP contribution is 2.32. The maximum atomic E-state index is 13.5. The average Bonchev–Trinajstić information content (AvgIpc) is 3.27. The smallest absolute Gasteiger partial charge is 0.343 e. The Morgan fingerprint density at radius 3 is 1.59 bits per heavy atom. The molecule has 0 aliphatic rings. The molecule has 0 N–H and O–H groups in total. The van der Waals surface area contributed by atoms with Crippen LogP contribution in [0.15, 0.2) is 111 Å². The number of rotatable bonds is 26. The van der Waals surface area contributed by atoms with Crippen LogP contribution in [0.2, 0.25) is 0 Å². The summed E-state index contributed by atoms with van der Waals surface area (Å²) < 4.78 is 38.7. The topological polar surface area (TPSA) is 167 Å². The minimum atomic E-state index is -0.721. The number of carbonyl (C=O) groups is 6. The zero-order valence-corrected chi connectivity index (χ0v) is 34.3. The molecular weight excluding hydrogens is 785 g/mol. The second kappa shape index (κ2) is 24.8. The normalized spacial score (nSPS) is 10.5. The van der Waals surface area contributed by atoms with Gasteiger partial charge in [-0.05, 0) is 123 Å². The fourth-order valence-corrected chi connectivity index (χ4v) is 5.78. The molecule has 0 unspecified atom stereocenters. The summed E-state index contributed by atoms with van der Waals surface area (Å²) in [7, 11) is 0. The van der Waals surface area contributed by atoms with E-state index in [1.165, 1.54) is 24.3 Å². The number of unbranched alkanes of at least 4 members (excludes halogenated alkanes) is 6. The third kappa shape index (κ3) is 15.3. The van der Waals surface area contributed by atoms with Crippen molar-refractivity contribution in [1.29, 1.82) is 0 Å². The van der Waals surface area contributed by atoms with Gasteiger partial charge < -0.3 is 33.2 Å². The Morgan fingerprint density at radius 2 is 0.967 bits per heavy atom. The summed E-state index contributed by atoms with van der Waals surface area (Å²) in [5.41, 5.74) is 0.441. The number of benzene rings is 4. The molecule has 0 amide bonds. The van der Waals surface area contributed by atoms with Crippen molar-refractivity contribution < 1.29 is 61.9 Å². The largest absolute Gasteiger partial charge is 0.490 e. The van der Waals surface area contributed by atoms with Crippen molar-refractivity contribution >= 4 is 46.4 Å². The van der Waals surface area contributed by atoms with E-state index in [1.54, 1.807) is 55.5 Å². The highest BCUT2D eigenvalue weighted by atomic mass is 16.6. The van der Waals surface area contributed by atoms with Gasteiger partial charge in [0.15, 0.2) is 17.3 Å². The number of fused-ring (bicyclic) bond motifs is 1. The summed E-state index contributed by atoms with van der Waals surface area (Å²) in [4.78, 5) is 73.8. The zero-order chi connectivity index (χ0) is 44.0. The number of ether oxygens (including phenoxy) is 7. The van der Waals surface area contributed by atoms with Crippen LogP contribution in [-0.2, 0) is 23.9 Å². The quantitative estimate of drug-likeness (QED) is 0.0193. The lowest BCUT2D eigenvalue weighted by Gasteiger charge is -2.15. The van der Waals surface area contributed by atoms with Gasteiger partial charge in [-0.3, -0.25) is 4.79 Å². The van der Waals surface area contributed by atoms with Crippen LogP contribution in [-0.4, -0.2) is 62.1 Å². The molecule has 0 aromatic heterocycles. The fraction of sp³-hybridized carbons (Fsp3) is 0.292. The van der Waals surface area contributed by atoms with Crippen LogP contribution < -0.4 is 23.7 Å². The van der Waals surface area contributed by atoms with Gasteiger partial charge in [-0.25, -0.2) is 24.0 Å². The van der Waals surface area contributed by atoms with Crippen molar-refractivity contribution in [3.8, 4) is 28.7 Å². The molecular formula is C48H50O13. The van der Waals surface area contributed by atoms with Gasteiger partial charge in [-0.2, -0.15) is 0 Å². The van der Waals surface area contributed by atoms with Gasteiger partial charge in [-0.15, -0.1) is 0 Å². The first-order chi connectivity index (χ1) is 29.5. The Morgan fingerprint density at radius 1 is 0.475 bits per heavy atom. The van der Waals surface area contributed by atoms with E-state index in [2.05, 4.69) is 19.7 Å². The number of esters is 5. The van der Waals surface area contributed by atoms with Crippen molar-refractivity contribution in [2.24, 2.45) is 0 Å². The summed E-state index contributed by atoms with van der Waals surface area (Å²) in [6.45, 7) is 13.2. The van der Waals surface area contributed by atoms with E-state index in [-0.39, 0.29) is 40.4 Å². The van der Waals surface area contributed by atoms with Gasteiger partial charge in [0.1, 0.15) is 17.2 Å². The van der Waals surface area contributed by atoms with Gasteiger partial charge in [0.2, 0.25) is 0 Å². The second-order valence-corrected chi connectivity index (χ2v) is 13.5. The van der Waals surface area contributed by atoms with Crippen LogP contribution in [0.5, 0.6) is 28.7 Å². The standard InChI is InChI=1S/C48H50O13/c1-5-40(49)39-32-38(22-24-41(39)61-48(54)35-18-17-34-30-37(59-46(52)8-4)21-19-33(34)29-35)60-47(53)36-20-23-42(55-25-13-9-11-15-27-57-44(50)6-2)43(31-36)56-26-14-10-12-16-28-58-45(51)7-3/h6-8,17-24,29-32H,2-5,9-16,25-28H2,1H3. The van der Waals surface area contributed by atoms with E-state index in [0.717, 1.165) is 56.8 Å². The number of Topliss-reactive ketones (excluding diaryl/α,β-unsaturated/α-hetero) is 1. The molecule has 320 valence electrons. The molecule has 0 atom stereocenters. The molecule has 0 spiro atoms. The van der Waals surface area contributed by atoms with E-state index in [0.29, 0.717) is 67.3 Å². The van der Waals surface area contributed by atoms with Crippen molar-refractivity contribution in [1.82, 2.24) is 0 Å². The molecule has 13 heteroatoms. The minimum Gasteiger partial charge on any atom is -0.490 e. The number of hydrogen-bond acceptors (Lipinski definition) is 13. The molecule has 0 radical (unpaired) electrons. The van der Waals surface area contributed by atoms with Crippen LogP contribution in [0.1, 0.15) is 95.8 Å². The lowest BCUT2D eigenvalue weighted by Crippen LogP contribution is -2.13. The maximum Gasteiger partial charge on any atom is 0.343 e. The first-order valence-electron chi connectivity index (χ1n) is 20.0.